The third kappa shape index (κ3) is 8.34. The van der Waals surface area contributed by atoms with Crippen LogP contribution in [-0.4, -0.2) is 68.8 Å². The van der Waals surface area contributed by atoms with Gasteiger partial charge >= 0.3 is 5.97 Å². The number of rotatable bonds is 13. The van der Waals surface area contributed by atoms with E-state index in [2.05, 4.69) is 25.9 Å². The highest BCUT2D eigenvalue weighted by atomic mass is 16.4. The van der Waals surface area contributed by atoms with E-state index in [1.807, 2.05) is 6.92 Å². The SMILES string of the molecule is CCC(C)C(N)C(=O)NC(Cc1cnc[nH]1)C(=O)NC(CC(N)=O)C(=O)NC(C)C(=O)O. The van der Waals surface area contributed by atoms with Gasteiger partial charge in [-0.1, -0.05) is 20.3 Å². The van der Waals surface area contributed by atoms with E-state index in [0.717, 1.165) is 0 Å². The van der Waals surface area contributed by atoms with Gasteiger partial charge < -0.3 is 37.5 Å². The molecule has 0 radical (unpaired) electrons. The van der Waals surface area contributed by atoms with Gasteiger partial charge in [0, 0.05) is 18.3 Å². The van der Waals surface area contributed by atoms with Crippen LogP contribution in [0.25, 0.3) is 0 Å². The molecule has 13 heteroatoms. The predicted octanol–water partition coefficient (Wildman–Crippen LogP) is -2.24. The summed E-state index contributed by atoms with van der Waals surface area (Å²) < 4.78 is 0. The smallest absolute Gasteiger partial charge is 0.325 e. The molecule has 0 fully saturated rings. The van der Waals surface area contributed by atoms with Gasteiger partial charge in [-0.25, -0.2) is 4.98 Å². The number of nitrogens with two attached hydrogens (primary N) is 2. The Kier molecular flexibility index (Phi) is 10.3. The lowest BCUT2D eigenvalue weighted by Gasteiger charge is -2.25. The van der Waals surface area contributed by atoms with Crippen LogP contribution < -0.4 is 27.4 Å². The third-order valence-electron chi connectivity index (χ3n) is 4.94. The summed E-state index contributed by atoms with van der Waals surface area (Å²) in [5.74, 6) is -4.58. The van der Waals surface area contributed by atoms with Gasteiger partial charge in [-0.05, 0) is 12.8 Å². The molecule has 1 heterocycles. The minimum absolute atomic E-state index is 0.00123. The highest BCUT2D eigenvalue weighted by Crippen LogP contribution is 2.07. The van der Waals surface area contributed by atoms with Crippen molar-refractivity contribution in [3.8, 4) is 0 Å². The number of aromatic amines is 1. The number of imidazole rings is 1. The fraction of sp³-hybridized carbons (Fsp3) is 0.579. The second kappa shape index (κ2) is 12.4. The molecule has 9 N–H and O–H groups in total. The number of aliphatic carboxylic acids is 1. The van der Waals surface area contributed by atoms with Crippen LogP contribution in [0.15, 0.2) is 12.5 Å². The number of hydrogen-bond donors (Lipinski definition) is 7. The van der Waals surface area contributed by atoms with Crippen molar-refractivity contribution in [3.05, 3.63) is 18.2 Å². The predicted molar refractivity (Wildman–Crippen MR) is 113 cm³/mol. The molecular weight excluding hydrogens is 422 g/mol. The normalized spacial score (nSPS) is 15.5. The molecule has 13 nitrogen and oxygen atoms in total. The summed E-state index contributed by atoms with van der Waals surface area (Å²) in [7, 11) is 0. The Balaban J connectivity index is 3.03. The van der Waals surface area contributed by atoms with Gasteiger partial charge in [-0.3, -0.25) is 24.0 Å². The number of nitrogens with zero attached hydrogens (tertiary/aromatic N) is 1. The Bertz CT molecular complexity index is 813. The van der Waals surface area contributed by atoms with Crippen LogP contribution in [0.2, 0.25) is 0 Å². The second-order valence-electron chi connectivity index (χ2n) is 7.55. The van der Waals surface area contributed by atoms with E-state index in [9.17, 15) is 24.0 Å². The molecule has 5 unspecified atom stereocenters. The molecule has 0 aliphatic carbocycles. The van der Waals surface area contributed by atoms with Gasteiger partial charge in [0.15, 0.2) is 0 Å². The molecule has 0 aromatic carbocycles. The summed E-state index contributed by atoms with van der Waals surface area (Å²) in [6, 6.07) is -4.72. The first-order chi connectivity index (χ1) is 15.0. The maximum atomic E-state index is 12.9. The Morgan fingerprint density at radius 1 is 1.06 bits per heavy atom. The number of carboxylic acids is 1. The molecule has 178 valence electrons. The fourth-order valence-electron chi connectivity index (χ4n) is 2.66. The number of nitrogens with one attached hydrogen (secondary N) is 4. The van der Waals surface area contributed by atoms with Crippen LogP contribution >= 0.6 is 0 Å². The first kappa shape index (κ1) is 26.6. The van der Waals surface area contributed by atoms with Crippen LogP contribution in [0.3, 0.4) is 0 Å². The summed E-state index contributed by atoms with van der Waals surface area (Å²) in [6.07, 6.45) is 2.94. The van der Waals surface area contributed by atoms with Crippen LogP contribution in [-0.2, 0) is 30.4 Å². The maximum Gasteiger partial charge on any atom is 0.325 e. The van der Waals surface area contributed by atoms with E-state index >= 15 is 0 Å². The summed E-state index contributed by atoms with van der Waals surface area (Å²) >= 11 is 0. The van der Waals surface area contributed by atoms with E-state index in [0.29, 0.717) is 12.1 Å². The second-order valence-corrected chi connectivity index (χ2v) is 7.55. The first-order valence-corrected chi connectivity index (χ1v) is 10.1. The van der Waals surface area contributed by atoms with Crippen molar-refractivity contribution in [1.82, 2.24) is 25.9 Å². The average molecular weight is 454 g/mol. The van der Waals surface area contributed by atoms with Gasteiger partial charge in [0.25, 0.3) is 0 Å². The molecule has 0 aliphatic heterocycles. The lowest BCUT2D eigenvalue weighted by atomic mass is 9.98. The van der Waals surface area contributed by atoms with Crippen molar-refractivity contribution in [2.45, 2.75) is 64.2 Å². The lowest BCUT2D eigenvalue weighted by Crippen LogP contribution is -2.58. The topological polar surface area (TPSA) is 222 Å². The molecule has 0 saturated carbocycles. The zero-order valence-corrected chi connectivity index (χ0v) is 18.3. The largest absolute Gasteiger partial charge is 0.480 e. The Morgan fingerprint density at radius 3 is 2.16 bits per heavy atom. The van der Waals surface area contributed by atoms with E-state index in [1.165, 1.54) is 19.4 Å². The van der Waals surface area contributed by atoms with Gasteiger partial charge in [0.2, 0.25) is 23.6 Å². The zero-order valence-electron chi connectivity index (χ0n) is 18.3. The van der Waals surface area contributed by atoms with Crippen molar-refractivity contribution in [2.24, 2.45) is 17.4 Å². The van der Waals surface area contributed by atoms with Gasteiger partial charge in [-0.15, -0.1) is 0 Å². The summed E-state index contributed by atoms with van der Waals surface area (Å²) in [6.45, 7) is 4.89. The molecule has 0 aliphatic rings. The molecule has 0 spiro atoms. The zero-order chi connectivity index (χ0) is 24.4. The Labute approximate surface area is 185 Å². The molecule has 4 amide bonds. The lowest BCUT2D eigenvalue weighted by molar-refractivity contribution is -0.142. The molecular formula is C19H31N7O6. The van der Waals surface area contributed by atoms with Crippen molar-refractivity contribution in [3.63, 3.8) is 0 Å². The molecule has 0 saturated heterocycles. The molecule has 1 rings (SSSR count). The molecule has 0 bridgehead atoms. The minimum Gasteiger partial charge on any atom is -0.480 e. The van der Waals surface area contributed by atoms with Crippen LogP contribution in [0.1, 0.15) is 39.3 Å². The van der Waals surface area contributed by atoms with E-state index in [1.54, 1.807) is 6.92 Å². The van der Waals surface area contributed by atoms with Crippen molar-refractivity contribution >= 4 is 29.6 Å². The molecule has 1 aromatic rings. The van der Waals surface area contributed by atoms with E-state index < -0.39 is 60.2 Å². The number of amides is 4. The average Bonchev–Trinajstić information content (AvgIpc) is 3.23. The summed E-state index contributed by atoms with van der Waals surface area (Å²) in [5.41, 5.74) is 11.6. The number of carboxylic acid groups (broad SMARTS) is 1. The van der Waals surface area contributed by atoms with Crippen LogP contribution in [0.4, 0.5) is 0 Å². The molecule has 1 aromatic heterocycles. The fourth-order valence-corrected chi connectivity index (χ4v) is 2.66. The van der Waals surface area contributed by atoms with Crippen LogP contribution in [0.5, 0.6) is 0 Å². The number of primary amides is 1. The highest BCUT2D eigenvalue weighted by molar-refractivity contribution is 5.96. The van der Waals surface area contributed by atoms with Crippen LogP contribution in [0, 0.1) is 5.92 Å². The number of hydrogen-bond acceptors (Lipinski definition) is 7. The molecule has 5 atom stereocenters. The first-order valence-electron chi connectivity index (χ1n) is 10.1. The third-order valence-corrected chi connectivity index (χ3v) is 4.94. The monoisotopic (exact) mass is 453 g/mol. The quantitative estimate of drug-likeness (QED) is 0.172. The highest BCUT2D eigenvalue weighted by Gasteiger charge is 2.31. The molecule has 32 heavy (non-hydrogen) atoms. The van der Waals surface area contributed by atoms with Gasteiger partial charge in [0.1, 0.15) is 18.1 Å². The Hall–Kier alpha value is -3.48. The number of carbonyl (C=O) groups excluding carboxylic acids is 4. The maximum absolute atomic E-state index is 12.9. The number of carbonyl (C=O) groups is 5. The summed E-state index contributed by atoms with van der Waals surface area (Å²) in [5, 5.41) is 16.1. The Morgan fingerprint density at radius 2 is 1.66 bits per heavy atom. The van der Waals surface area contributed by atoms with Gasteiger partial charge in [0.05, 0.1) is 18.8 Å². The number of H-pyrrole nitrogens is 1. The van der Waals surface area contributed by atoms with Crippen molar-refractivity contribution in [2.75, 3.05) is 0 Å². The van der Waals surface area contributed by atoms with Crippen molar-refractivity contribution in [1.29, 1.82) is 0 Å². The minimum atomic E-state index is -1.44. The van der Waals surface area contributed by atoms with Crippen molar-refractivity contribution < 1.29 is 29.1 Å². The summed E-state index contributed by atoms with van der Waals surface area (Å²) in [4.78, 5) is 66.9. The van der Waals surface area contributed by atoms with E-state index in [-0.39, 0.29) is 12.3 Å². The van der Waals surface area contributed by atoms with Gasteiger partial charge in [-0.2, -0.15) is 0 Å². The number of aromatic nitrogens is 2. The standard InChI is InChI=1S/C19H31N7O6/c1-4-9(2)15(21)18(30)26-12(5-11-7-22-8-23-11)17(29)25-13(6-14(20)27)16(28)24-10(3)19(31)32/h7-10,12-13,15H,4-6,21H2,1-3H3,(H2,20,27)(H,22,23)(H,24,28)(H,25,29)(H,26,30)(H,31,32). The van der Waals surface area contributed by atoms with E-state index in [4.69, 9.17) is 16.6 Å².